The summed E-state index contributed by atoms with van der Waals surface area (Å²) in [5.74, 6) is 0.696. The van der Waals surface area contributed by atoms with E-state index in [0.29, 0.717) is 5.92 Å². The lowest BCUT2D eigenvalue weighted by molar-refractivity contribution is -0.143. The molecular formula is C17H22O3. The Labute approximate surface area is 120 Å². The molecule has 1 aromatic rings. The summed E-state index contributed by atoms with van der Waals surface area (Å²) in [6.07, 6.45) is 6.48. The number of hydrogen-bond acceptors (Lipinski definition) is 2. The molecule has 20 heavy (non-hydrogen) atoms. The average Bonchev–Trinajstić information content (AvgIpc) is 2.99. The molecule has 0 heterocycles. The van der Waals surface area contributed by atoms with Gasteiger partial charge in [-0.25, -0.2) is 0 Å². The minimum absolute atomic E-state index is 0.175. The number of fused-ring (bicyclic) bond motifs is 1. The van der Waals surface area contributed by atoms with Crippen LogP contribution in [-0.2, 0) is 11.2 Å². The van der Waals surface area contributed by atoms with Gasteiger partial charge >= 0.3 is 5.97 Å². The highest BCUT2D eigenvalue weighted by Gasteiger charge is 2.40. The molecule has 2 unspecified atom stereocenters. The molecule has 1 N–H and O–H groups in total. The monoisotopic (exact) mass is 274 g/mol. The first-order chi connectivity index (χ1) is 9.70. The quantitative estimate of drug-likeness (QED) is 0.915. The van der Waals surface area contributed by atoms with Crippen molar-refractivity contribution in [2.24, 2.45) is 11.8 Å². The van der Waals surface area contributed by atoms with Crippen molar-refractivity contribution in [2.45, 2.75) is 44.4 Å². The van der Waals surface area contributed by atoms with Crippen molar-refractivity contribution >= 4 is 5.97 Å². The summed E-state index contributed by atoms with van der Waals surface area (Å²) in [6, 6.07) is 6.19. The summed E-state index contributed by atoms with van der Waals surface area (Å²) in [5, 5.41) is 9.59. The van der Waals surface area contributed by atoms with Crippen LogP contribution < -0.4 is 4.74 Å². The van der Waals surface area contributed by atoms with Crippen molar-refractivity contribution in [2.75, 3.05) is 7.11 Å². The highest BCUT2D eigenvalue weighted by molar-refractivity contribution is 5.72. The number of aliphatic carboxylic acids is 1. The number of benzene rings is 1. The lowest BCUT2D eigenvalue weighted by atomic mass is 9.68. The van der Waals surface area contributed by atoms with Crippen molar-refractivity contribution < 1.29 is 14.6 Å². The van der Waals surface area contributed by atoms with Gasteiger partial charge in [-0.05, 0) is 54.9 Å². The van der Waals surface area contributed by atoms with Crippen LogP contribution in [0.1, 0.15) is 49.1 Å². The lowest BCUT2D eigenvalue weighted by Crippen LogP contribution is -2.31. The van der Waals surface area contributed by atoms with E-state index in [4.69, 9.17) is 4.74 Å². The Morgan fingerprint density at radius 2 is 2.00 bits per heavy atom. The highest BCUT2D eigenvalue weighted by Crippen LogP contribution is 2.47. The lowest BCUT2D eigenvalue weighted by Gasteiger charge is -2.35. The fourth-order valence-corrected chi connectivity index (χ4v) is 4.12. The van der Waals surface area contributed by atoms with Crippen LogP contribution >= 0.6 is 0 Å². The first-order valence-corrected chi connectivity index (χ1v) is 7.60. The molecule has 3 nitrogen and oxygen atoms in total. The molecule has 3 heteroatoms. The summed E-state index contributed by atoms with van der Waals surface area (Å²) >= 11 is 0. The predicted molar refractivity (Wildman–Crippen MR) is 77.1 cm³/mol. The van der Waals surface area contributed by atoms with Crippen molar-refractivity contribution in [1.82, 2.24) is 0 Å². The van der Waals surface area contributed by atoms with E-state index in [1.54, 1.807) is 7.11 Å². The van der Waals surface area contributed by atoms with E-state index in [1.165, 1.54) is 36.8 Å². The number of ether oxygens (including phenoxy) is 1. The Bertz CT molecular complexity index is 503. The third kappa shape index (κ3) is 2.30. The van der Waals surface area contributed by atoms with Gasteiger partial charge in [0.05, 0.1) is 13.0 Å². The smallest absolute Gasteiger partial charge is 0.307 e. The van der Waals surface area contributed by atoms with Crippen molar-refractivity contribution in [3.05, 3.63) is 29.3 Å². The van der Waals surface area contributed by atoms with Crippen molar-refractivity contribution in [3.8, 4) is 5.75 Å². The van der Waals surface area contributed by atoms with Gasteiger partial charge in [-0.3, -0.25) is 4.79 Å². The van der Waals surface area contributed by atoms with Gasteiger partial charge in [0.2, 0.25) is 0 Å². The third-order valence-electron chi connectivity index (χ3n) is 5.10. The molecule has 2 atom stereocenters. The number of hydrogen-bond donors (Lipinski definition) is 1. The van der Waals surface area contributed by atoms with Gasteiger partial charge in [-0.1, -0.05) is 18.9 Å². The van der Waals surface area contributed by atoms with Crippen LogP contribution in [0.2, 0.25) is 0 Å². The Hall–Kier alpha value is -1.51. The molecule has 0 saturated heterocycles. The largest absolute Gasteiger partial charge is 0.497 e. The fourth-order valence-electron chi connectivity index (χ4n) is 4.12. The molecule has 1 saturated carbocycles. The molecule has 2 aliphatic rings. The maximum absolute atomic E-state index is 11.7. The Balaban J connectivity index is 2.02. The van der Waals surface area contributed by atoms with Gasteiger partial charge in [0.15, 0.2) is 0 Å². The highest BCUT2D eigenvalue weighted by atomic mass is 16.5. The van der Waals surface area contributed by atoms with Gasteiger partial charge in [-0.2, -0.15) is 0 Å². The van der Waals surface area contributed by atoms with Gasteiger partial charge in [0.1, 0.15) is 5.75 Å². The fraction of sp³-hybridized carbons (Fsp3) is 0.588. The first-order valence-electron chi connectivity index (χ1n) is 7.60. The molecule has 0 aromatic heterocycles. The van der Waals surface area contributed by atoms with E-state index in [1.807, 2.05) is 6.07 Å². The topological polar surface area (TPSA) is 46.5 Å². The molecule has 108 valence electrons. The van der Waals surface area contributed by atoms with Gasteiger partial charge in [0, 0.05) is 5.92 Å². The van der Waals surface area contributed by atoms with Gasteiger partial charge < -0.3 is 9.84 Å². The number of carboxylic acid groups (broad SMARTS) is 1. The number of aryl methyl sites for hydroxylation is 1. The van der Waals surface area contributed by atoms with Crippen LogP contribution in [0.4, 0.5) is 0 Å². The zero-order valence-corrected chi connectivity index (χ0v) is 12.0. The summed E-state index contributed by atoms with van der Waals surface area (Å²) in [6.45, 7) is 0. The third-order valence-corrected chi connectivity index (χ3v) is 5.10. The van der Waals surface area contributed by atoms with Gasteiger partial charge in [0.25, 0.3) is 0 Å². The molecule has 0 amide bonds. The van der Waals surface area contributed by atoms with Crippen molar-refractivity contribution in [1.29, 1.82) is 0 Å². The van der Waals surface area contributed by atoms with E-state index in [9.17, 15) is 9.90 Å². The Kier molecular flexibility index (Phi) is 3.68. The molecule has 0 aliphatic heterocycles. The normalized spacial score (nSPS) is 26.2. The molecule has 0 radical (unpaired) electrons. The minimum atomic E-state index is -0.629. The first kappa shape index (κ1) is 13.5. The summed E-state index contributed by atoms with van der Waals surface area (Å²) in [5.41, 5.74) is 2.55. The van der Waals surface area contributed by atoms with Crippen LogP contribution in [0, 0.1) is 11.8 Å². The van der Waals surface area contributed by atoms with E-state index in [-0.39, 0.29) is 11.8 Å². The van der Waals surface area contributed by atoms with E-state index < -0.39 is 5.97 Å². The molecule has 0 bridgehead atoms. The Morgan fingerprint density at radius 3 is 2.65 bits per heavy atom. The summed E-state index contributed by atoms with van der Waals surface area (Å²) in [4.78, 5) is 11.7. The summed E-state index contributed by atoms with van der Waals surface area (Å²) in [7, 11) is 1.67. The second-order valence-electron chi connectivity index (χ2n) is 6.12. The predicted octanol–water partition coefficient (Wildman–Crippen LogP) is 3.62. The molecule has 0 spiro atoms. The molecule has 3 rings (SSSR count). The number of carbonyl (C=O) groups is 1. The summed E-state index contributed by atoms with van der Waals surface area (Å²) < 4.78 is 5.34. The minimum Gasteiger partial charge on any atom is -0.497 e. The van der Waals surface area contributed by atoms with Crippen LogP contribution in [0.3, 0.4) is 0 Å². The van der Waals surface area contributed by atoms with Crippen molar-refractivity contribution in [3.63, 3.8) is 0 Å². The molecule has 1 aromatic carbocycles. The number of carboxylic acids is 1. The van der Waals surface area contributed by atoms with Gasteiger partial charge in [-0.15, -0.1) is 0 Å². The zero-order chi connectivity index (χ0) is 14.1. The standard InChI is InChI=1S/C17H22O3/c1-20-13-8-6-11-7-9-14(17(18)19)16(15(11)10-13)12-4-2-3-5-12/h6,8,10,12,14,16H,2-5,7,9H2,1H3,(H,18,19). The maximum atomic E-state index is 11.7. The van der Waals surface area contributed by atoms with Crippen LogP contribution in [0.15, 0.2) is 18.2 Å². The number of rotatable bonds is 3. The van der Waals surface area contributed by atoms with E-state index >= 15 is 0 Å². The Morgan fingerprint density at radius 1 is 1.25 bits per heavy atom. The number of methoxy groups -OCH3 is 1. The second-order valence-corrected chi connectivity index (χ2v) is 6.12. The van der Waals surface area contributed by atoms with Crippen LogP contribution in [-0.4, -0.2) is 18.2 Å². The van der Waals surface area contributed by atoms with E-state index in [0.717, 1.165) is 18.6 Å². The van der Waals surface area contributed by atoms with Crippen LogP contribution in [0.5, 0.6) is 5.75 Å². The zero-order valence-electron chi connectivity index (χ0n) is 12.0. The SMILES string of the molecule is COc1ccc2c(c1)C(C1CCCC1)C(C(=O)O)CC2. The molecule has 1 fully saturated rings. The maximum Gasteiger partial charge on any atom is 0.307 e. The second kappa shape index (κ2) is 5.47. The van der Waals surface area contributed by atoms with Crippen LogP contribution in [0.25, 0.3) is 0 Å². The van der Waals surface area contributed by atoms with E-state index in [2.05, 4.69) is 12.1 Å². The average molecular weight is 274 g/mol. The molecular weight excluding hydrogens is 252 g/mol. The molecule has 2 aliphatic carbocycles.